The molecule has 0 aliphatic carbocycles. The number of ether oxygens (including phenoxy) is 3. The van der Waals surface area contributed by atoms with Crippen molar-refractivity contribution >= 4 is 17.9 Å². The minimum absolute atomic E-state index is 0.110. The Labute approximate surface area is 388 Å². The first kappa shape index (κ1) is 59.6. The molecule has 6 heteroatoms. The first-order valence-electron chi connectivity index (χ1n) is 26.1. The van der Waals surface area contributed by atoms with Crippen LogP contribution in [0.15, 0.2) is 85.1 Å². The molecule has 0 N–H and O–H groups in total. The van der Waals surface area contributed by atoms with E-state index < -0.39 is 6.10 Å². The Bertz CT molecular complexity index is 1240. The summed E-state index contributed by atoms with van der Waals surface area (Å²) in [5.41, 5.74) is 0. The highest BCUT2D eigenvalue weighted by Crippen LogP contribution is 2.13. The molecule has 0 aromatic carbocycles. The second kappa shape index (κ2) is 51.2. The van der Waals surface area contributed by atoms with Crippen molar-refractivity contribution < 1.29 is 28.6 Å². The van der Waals surface area contributed by atoms with Gasteiger partial charge in [0, 0.05) is 19.3 Å². The molecule has 0 fully saturated rings. The molecule has 1 unspecified atom stereocenters. The van der Waals surface area contributed by atoms with E-state index >= 15 is 0 Å². The molecule has 0 aromatic rings. The van der Waals surface area contributed by atoms with Gasteiger partial charge in [0.15, 0.2) is 6.10 Å². The zero-order valence-corrected chi connectivity index (χ0v) is 41.1. The molecule has 0 radical (unpaired) electrons. The van der Waals surface area contributed by atoms with Crippen molar-refractivity contribution in [1.29, 1.82) is 0 Å². The third-order valence-corrected chi connectivity index (χ3v) is 10.9. The lowest BCUT2D eigenvalue weighted by atomic mass is 10.1. The summed E-state index contributed by atoms with van der Waals surface area (Å²) in [4.78, 5) is 37.9. The van der Waals surface area contributed by atoms with Gasteiger partial charge in [0.1, 0.15) is 13.2 Å². The van der Waals surface area contributed by atoms with Crippen LogP contribution in [0.1, 0.15) is 239 Å². The van der Waals surface area contributed by atoms with Gasteiger partial charge in [-0.25, -0.2) is 0 Å². The second-order valence-electron chi connectivity index (χ2n) is 17.0. The number of allylic oxidation sites excluding steroid dienone is 14. The molecule has 0 aliphatic heterocycles. The summed E-state index contributed by atoms with van der Waals surface area (Å²) >= 11 is 0. The molecule has 0 aliphatic rings. The van der Waals surface area contributed by atoms with Crippen LogP contribution in [0.25, 0.3) is 0 Å². The van der Waals surface area contributed by atoms with Crippen LogP contribution in [0.5, 0.6) is 0 Å². The number of hydrogen-bond acceptors (Lipinski definition) is 6. The average Bonchev–Trinajstić information content (AvgIpc) is 3.28. The fraction of sp³-hybridized carbons (Fsp3) is 0.702. The van der Waals surface area contributed by atoms with Gasteiger partial charge >= 0.3 is 17.9 Å². The van der Waals surface area contributed by atoms with Crippen molar-refractivity contribution in [3.8, 4) is 0 Å². The van der Waals surface area contributed by atoms with Gasteiger partial charge in [0.2, 0.25) is 0 Å². The molecule has 360 valence electrons. The minimum Gasteiger partial charge on any atom is -0.462 e. The van der Waals surface area contributed by atoms with E-state index in [2.05, 4.69) is 106 Å². The fourth-order valence-corrected chi connectivity index (χ4v) is 6.95. The summed E-state index contributed by atoms with van der Waals surface area (Å²) < 4.78 is 16.7. The summed E-state index contributed by atoms with van der Waals surface area (Å²) in [5, 5.41) is 0. The lowest BCUT2D eigenvalue weighted by Crippen LogP contribution is -2.30. The Morgan fingerprint density at radius 3 is 1.06 bits per heavy atom. The minimum atomic E-state index is -0.818. The molecule has 63 heavy (non-hydrogen) atoms. The quantitative estimate of drug-likeness (QED) is 0.0262. The molecule has 0 saturated carbocycles. The zero-order valence-electron chi connectivity index (χ0n) is 41.1. The summed E-state index contributed by atoms with van der Waals surface area (Å²) in [6.07, 6.45) is 65.9. The molecular weight excluding hydrogens is 781 g/mol. The smallest absolute Gasteiger partial charge is 0.306 e. The molecule has 0 rings (SSSR count). The first-order valence-corrected chi connectivity index (χ1v) is 26.1. The maximum Gasteiger partial charge on any atom is 0.306 e. The van der Waals surface area contributed by atoms with Crippen molar-refractivity contribution in [2.24, 2.45) is 0 Å². The van der Waals surface area contributed by atoms with Gasteiger partial charge in [-0.15, -0.1) is 0 Å². The standard InChI is InChI=1S/C57H96O6/c1-4-7-10-13-16-19-21-23-25-27-28-30-31-33-35-38-41-44-47-50-56(59)62-53-54(52-61-55(58)49-46-43-40-37-18-15-12-9-6-3)63-57(60)51-48-45-42-39-36-34-32-29-26-24-22-20-17-14-11-8-5-2/h8,11,17,20,24,26-28,32,34,37,39-40,42,54H,4-7,9-10,12-16,18-19,21-23,25,29-31,33,35-36,38,41,43-53H2,1-3H3/b11-8-,20-17-,26-24-,28-27-,34-32-,40-37-,42-39-. The highest BCUT2D eigenvalue weighted by atomic mass is 16.6. The van der Waals surface area contributed by atoms with E-state index in [0.29, 0.717) is 25.7 Å². The van der Waals surface area contributed by atoms with E-state index in [1.54, 1.807) is 0 Å². The van der Waals surface area contributed by atoms with Gasteiger partial charge in [-0.3, -0.25) is 14.4 Å². The van der Waals surface area contributed by atoms with Gasteiger partial charge in [-0.05, 0) is 103 Å². The number of carbonyl (C=O) groups is 3. The number of carbonyl (C=O) groups excluding carboxylic acids is 3. The molecular formula is C57H96O6. The fourth-order valence-electron chi connectivity index (χ4n) is 6.95. The summed E-state index contributed by atoms with van der Waals surface area (Å²) in [7, 11) is 0. The molecule has 1 atom stereocenters. The van der Waals surface area contributed by atoms with Crippen LogP contribution in [-0.4, -0.2) is 37.2 Å². The molecule has 0 amide bonds. The second-order valence-corrected chi connectivity index (χ2v) is 17.0. The normalized spacial score (nSPS) is 12.7. The summed E-state index contributed by atoms with van der Waals surface area (Å²) in [6, 6.07) is 0. The van der Waals surface area contributed by atoms with E-state index in [9.17, 15) is 14.4 Å². The molecule has 0 spiro atoms. The van der Waals surface area contributed by atoms with E-state index in [1.165, 1.54) is 116 Å². The van der Waals surface area contributed by atoms with Crippen LogP contribution < -0.4 is 0 Å². The third-order valence-electron chi connectivity index (χ3n) is 10.9. The highest BCUT2D eigenvalue weighted by molar-refractivity contribution is 5.71. The zero-order chi connectivity index (χ0) is 45.8. The van der Waals surface area contributed by atoms with Gasteiger partial charge < -0.3 is 14.2 Å². The number of esters is 3. The highest BCUT2D eigenvalue weighted by Gasteiger charge is 2.19. The molecule has 0 aromatic heterocycles. The van der Waals surface area contributed by atoms with Gasteiger partial charge in [-0.1, -0.05) is 202 Å². The average molecular weight is 877 g/mol. The maximum atomic E-state index is 12.8. The van der Waals surface area contributed by atoms with Gasteiger partial charge in [0.25, 0.3) is 0 Å². The Kier molecular flexibility index (Phi) is 48.5. The maximum absolute atomic E-state index is 12.8. The van der Waals surface area contributed by atoms with Crippen LogP contribution >= 0.6 is 0 Å². The lowest BCUT2D eigenvalue weighted by Gasteiger charge is -2.18. The Morgan fingerprint density at radius 1 is 0.333 bits per heavy atom. The van der Waals surface area contributed by atoms with Gasteiger partial charge in [0.05, 0.1) is 0 Å². The van der Waals surface area contributed by atoms with E-state index in [0.717, 1.165) is 70.6 Å². The molecule has 0 bridgehead atoms. The Balaban J connectivity index is 4.42. The SMILES string of the molecule is CC/C=C\C/C=C\C/C=C\C/C=C\C/C=C\CCCC(=O)OC(COC(=O)CCC/C=C\CCCCCC)COC(=O)CCCCCCCCC/C=C\CCCCCCCCCC. The predicted molar refractivity (Wildman–Crippen MR) is 270 cm³/mol. The van der Waals surface area contributed by atoms with E-state index in [-0.39, 0.29) is 37.5 Å². The monoisotopic (exact) mass is 877 g/mol. The van der Waals surface area contributed by atoms with Crippen molar-refractivity contribution in [2.75, 3.05) is 13.2 Å². The van der Waals surface area contributed by atoms with Crippen LogP contribution in [0.3, 0.4) is 0 Å². The molecule has 0 heterocycles. The van der Waals surface area contributed by atoms with Crippen molar-refractivity contribution in [3.05, 3.63) is 85.1 Å². The lowest BCUT2D eigenvalue weighted by molar-refractivity contribution is -0.167. The largest absolute Gasteiger partial charge is 0.462 e. The van der Waals surface area contributed by atoms with Crippen LogP contribution in [0, 0.1) is 0 Å². The summed E-state index contributed by atoms with van der Waals surface area (Å²) in [5.74, 6) is -1.01. The number of rotatable bonds is 46. The van der Waals surface area contributed by atoms with E-state index in [4.69, 9.17) is 14.2 Å². The third kappa shape index (κ3) is 49.5. The van der Waals surface area contributed by atoms with Gasteiger partial charge in [-0.2, -0.15) is 0 Å². The van der Waals surface area contributed by atoms with Crippen LogP contribution in [-0.2, 0) is 28.6 Å². The topological polar surface area (TPSA) is 78.9 Å². The predicted octanol–water partition coefficient (Wildman–Crippen LogP) is 17.2. The molecule has 0 saturated heterocycles. The van der Waals surface area contributed by atoms with Crippen molar-refractivity contribution in [1.82, 2.24) is 0 Å². The van der Waals surface area contributed by atoms with Crippen molar-refractivity contribution in [2.45, 2.75) is 245 Å². The van der Waals surface area contributed by atoms with E-state index in [1.807, 2.05) is 0 Å². The van der Waals surface area contributed by atoms with Crippen molar-refractivity contribution in [3.63, 3.8) is 0 Å². The van der Waals surface area contributed by atoms with Crippen LogP contribution in [0.4, 0.5) is 0 Å². The Hall–Kier alpha value is -3.41. The number of hydrogen-bond donors (Lipinski definition) is 0. The Morgan fingerprint density at radius 2 is 0.635 bits per heavy atom. The number of unbranched alkanes of at least 4 members (excludes halogenated alkanes) is 21. The summed E-state index contributed by atoms with van der Waals surface area (Å²) in [6.45, 7) is 6.41. The first-order chi connectivity index (χ1) is 31.0. The van der Waals surface area contributed by atoms with Crippen LogP contribution in [0.2, 0.25) is 0 Å². The molecule has 6 nitrogen and oxygen atoms in total.